The van der Waals surface area contributed by atoms with Crippen molar-refractivity contribution < 1.29 is 19.2 Å². The van der Waals surface area contributed by atoms with Gasteiger partial charge in [0, 0.05) is 0 Å². The molecule has 62 valence electrons. The molecule has 0 aliphatic rings. The van der Waals surface area contributed by atoms with Crippen molar-refractivity contribution in [2.24, 2.45) is 5.73 Å². The van der Waals surface area contributed by atoms with Crippen molar-refractivity contribution in [3.05, 3.63) is 0 Å². The fourth-order valence-corrected chi connectivity index (χ4v) is 0.564. The summed E-state index contributed by atoms with van der Waals surface area (Å²) in [4.78, 5) is 10.6. The van der Waals surface area contributed by atoms with Crippen molar-refractivity contribution >= 4 is 13.9 Å². The molecule has 0 radical (unpaired) electrons. The van der Waals surface area contributed by atoms with Gasteiger partial charge in [-0.1, -0.05) is 0 Å². The van der Waals surface area contributed by atoms with Gasteiger partial charge in [0.05, 0.1) is 0 Å². The molecule has 6 heteroatoms. The summed E-state index contributed by atoms with van der Waals surface area (Å²) in [6, 6.07) is -1.11. The molecule has 0 spiro atoms. The second-order valence-corrected chi connectivity index (χ2v) is 2.03. The van der Waals surface area contributed by atoms with Gasteiger partial charge in [-0.25, -0.2) is 0 Å². The molecular weight excluding hydrogens is 169 g/mol. The molecule has 0 unspecified atom stereocenters. The number of esters is 1. The van der Waals surface area contributed by atoms with Gasteiger partial charge in [-0.05, 0) is 0 Å². The van der Waals surface area contributed by atoms with Crippen LogP contribution in [-0.2, 0) is 14.1 Å². The molecule has 0 fully saturated rings. The SMILES string of the molecule is N[C@@H](C#P=O)C(=O)OCCO. The van der Waals surface area contributed by atoms with Crippen LogP contribution in [0, 0.1) is 5.63 Å². The Bertz CT molecular complexity index is 222. The minimum absolute atomic E-state index is 0.107. The van der Waals surface area contributed by atoms with Gasteiger partial charge in [0.25, 0.3) is 0 Å². The Morgan fingerprint density at radius 2 is 2.45 bits per heavy atom. The van der Waals surface area contributed by atoms with Crippen molar-refractivity contribution in [3.63, 3.8) is 0 Å². The van der Waals surface area contributed by atoms with Crippen molar-refractivity contribution in [3.8, 4) is 5.63 Å². The molecular formula is C5H8NO4P. The van der Waals surface area contributed by atoms with Gasteiger partial charge in [-0.2, -0.15) is 0 Å². The minimum atomic E-state index is -1.11. The summed E-state index contributed by atoms with van der Waals surface area (Å²) in [7, 11) is -0.435. The average molecular weight is 177 g/mol. The molecule has 0 rings (SSSR count). The summed E-state index contributed by atoms with van der Waals surface area (Å²) in [5, 5.41) is 8.22. The van der Waals surface area contributed by atoms with Crippen LogP contribution in [0.2, 0.25) is 0 Å². The Hall–Kier alpha value is -0.600. The molecule has 0 aromatic rings. The summed E-state index contributed by atoms with van der Waals surface area (Å²) in [6.45, 7) is -0.364. The quantitative estimate of drug-likeness (QED) is 0.430. The molecule has 0 bridgehead atoms. The Labute approximate surface area is 64.6 Å². The third-order valence-corrected chi connectivity index (χ3v) is 1.16. The maximum atomic E-state index is 10.6. The third-order valence-electron chi connectivity index (χ3n) is 0.781. The molecule has 1 atom stereocenters. The Balaban J connectivity index is 3.79. The fraction of sp³-hybridized carbons (Fsp3) is 0.600. The van der Waals surface area contributed by atoms with Crippen LogP contribution in [0.3, 0.4) is 0 Å². The van der Waals surface area contributed by atoms with Crippen LogP contribution < -0.4 is 5.73 Å². The third kappa shape index (κ3) is 4.76. The first-order valence-electron chi connectivity index (χ1n) is 2.83. The van der Waals surface area contributed by atoms with Gasteiger partial charge in [0.2, 0.25) is 0 Å². The number of nitrogens with two attached hydrogens (primary N) is 1. The van der Waals surface area contributed by atoms with Crippen LogP contribution in [0.1, 0.15) is 0 Å². The first-order valence-corrected chi connectivity index (χ1v) is 3.64. The molecule has 0 saturated heterocycles. The van der Waals surface area contributed by atoms with E-state index in [0.29, 0.717) is 0 Å². The number of aliphatic hydroxyl groups excluding tert-OH is 1. The second kappa shape index (κ2) is 6.13. The first-order chi connectivity index (χ1) is 5.22. The van der Waals surface area contributed by atoms with E-state index in [4.69, 9.17) is 10.8 Å². The normalized spacial score (nSPS) is 11.5. The molecule has 0 aromatic heterocycles. The number of aliphatic hydroxyl groups is 1. The van der Waals surface area contributed by atoms with E-state index in [1.54, 1.807) is 0 Å². The number of carbonyl (C=O) groups is 1. The average Bonchev–Trinajstić information content (AvgIpc) is 2.00. The zero-order chi connectivity index (χ0) is 8.69. The maximum absolute atomic E-state index is 10.6. The summed E-state index contributed by atoms with van der Waals surface area (Å²) < 4.78 is 14.2. The molecule has 0 heterocycles. The predicted octanol–water partition coefficient (Wildman–Crippen LogP) is -0.900. The Morgan fingerprint density at radius 3 is 2.91 bits per heavy atom. The van der Waals surface area contributed by atoms with E-state index in [-0.39, 0.29) is 13.2 Å². The van der Waals surface area contributed by atoms with Crippen molar-refractivity contribution in [1.29, 1.82) is 0 Å². The standard InChI is InChI=1S/C5H8NO4P/c6-4(3-11-9)5(8)10-2-1-7/h4,7H,1-2,6H2/t4-/m0/s1. The molecule has 0 aromatic carbocycles. The van der Waals surface area contributed by atoms with Crippen molar-refractivity contribution in [1.82, 2.24) is 0 Å². The van der Waals surface area contributed by atoms with Crippen LogP contribution >= 0.6 is 7.92 Å². The van der Waals surface area contributed by atoms with Gasteiger partial charge >= 0.3 is 63.7 Å². The van der Waals surface area contributed by atoms with Crippen LogP contribution in [0.5, 0.6) is 0 Å². The van der Waals surface area contributed by atoms with Crippen LogP contribution in [0.4, 0.5) is 0 Å². The van der Waals surface area contributed by atoms with Crippen molar-refractivity contribution in [2.75, 3.05) is 13.2 Å². The molecule has 5 nitrogen and oxygen atoms in total. The molecule has 3 N–H and O–H groups in total. The summed E-state index contributed by atoms with van der Waals surface area (Å²) in [6.07, 6.45) is 0. The van der Waals surface area contributed by atoms with E-state index in [9.17, 15) is 9.36 Å². The number of rotatable bonds is 3. The number of ether oxygens (including phenoxy) is 1. The van der Waals surface area contributed by atoms with Crippen LogP contribution in [0.25, 0.3) is 0 Å². The van der Waals surface area contributed by atoms with E-state index in [2.05, 4.69) is 10.4 Å². The Kier molecular flexibility index (Phi) is 5.80. The van der Waals surface area contributed by atoms with E-state index in [1.807, 2.05) is 0 Å². The van der Waals surface area contributed by atoms with Gasteiger partial charge in [-0.15, -0.1) is 0 Å². The molecule has 0 aliphatic carbocycles. The number of hydrogen-bond donors (Lipinski definition) is 2. The summed E-state index contributed by atoms with van der Waals surface area (Å²) >= 11 is 0. The van der Waals surface area contributed by atoms with E-state index in [1.165, 1.54) is 0 Å². The molecule has 0 saturated carbocycles. The fourth-order valence-electron chi connectivity index (χ4n) is 0.346. The zero-order valence-corrected chi connectivity index (χ0v) is 6.58. The monoisotopic (exact) mass is 177 g/mol. The van der Waals surface area contributed by atoms with Gasteiger partial charge in [0.1, 0.15) is 0 Å². The van der Waals surface area contributed by atoms with Crippen LogP contribution in [0.15, 0.2) is 0 Å². The van der Waals surface area contributed by atoms with E-state index in [0.717, 1.165) is 0 Å². The second-order valence-electron chi connectivity index (χ2n) is 1.59. The van der Waals surface area contributed by atoms with Crippen molar-refractivity contribution in [2.45, 2.75) is 6.04 Å². The van der Waals surface area contributed by atoms with E-state index >= 15 is 0 Å². The van der Waals surface area contributed by atoms with Crippen LogP contribution in [-0.4, -0.2) is 30.3 Å². The summed E-state index contributed by atoms with van der Waals surface area (Å²) in [5.41, 5.74) is 7.19. The first kappa shape index (κ1) is 10.4. The van der Waals surface area contributed by atoms with Gasteiger partial charge in [-0.3, -0.25) is 0 Å². The predicted molar refractivity (Wildman–Crippen MR) is 37.5 cm³/mol. The topological polar surface area (TPSA) is 89.6 Å². The zero-order valence-electron chi connectivity index (χ0n) is 5.69. The molecule has 11 heavy (non-hydrogen) atoms. The molecule has 0 amide bonds. The number of hydrogen-bond acceptors (Lipinski definition) is 5. The Morgan fingerprint density at radius 1 is 1.82 bits per heavy atom. The van der Waals surface area contributed by atoms with Gasteiger partial charge < -0.3 is 0 Å². The van der Waals surface area contributed by atoms with E-state index < -0.39 is 19.9 Å². The van der Waals surface area contributed by atoms with Gasteiger partial charge in [0.15, 0.2) is 0 Å². The number of carbonyl (C=O) groups excluding carboxylic acids is 1. The molecule has 0 aliphatic heterocycles. The summed E-state index contributed by atoms with van der Waals surface area (Å²) in [5.74, 6) is -0.748.